The van der Waals surface area contributed by atoms with E-state index in [2.05, 4.69) is 29.6 Å². The fourth-order valence-corrected chi connectivity index (χ4v) is 2.68. The van der Waals surface area contributed by atoms with Crippen LogP contribution >= 0.6 is 0 Å². The SMILES string of the molecule is CCOc1ccccc1CCC1CCCCCN1. The Kier molecular flexibility index (Phi) is 5.53. The van der Waals surface area contributed by atoms with E-state index in [0.717, 1.165) is 18.8 Å². The minimum absolute atomic E-state index is 0.696. The minimum atomic E-state index is 0.696. The number of rotatable bonds is 5. The third kappa shape index (κ3) is 4.02. The maximum absolute atomic E-state index is 5.68. The molecule has 100 valence electrons. The Balaban J connectivity index is 1.88. The number of ether oxygens (including phenoxy) is 1. The van der Waals surface area contributed by atoms with Crippen molar-refractivity contribution >= 4 is 0 Å². The van der Waals surface area contributed by atoms with Crippen LogP contribution in [0, 0.1) is 0 Å². The van der Waals surface area contributed by atoms with E-state index in [-0.39, 0.29) is 0 Å². The van der Waals surface area contributed by atoms with Crippen molar-refractivity contribution in [2.24, 2.45) is 0 Å². The largest absolute Gasteiger partial charge is 0.494 e. The molecular weight excluding hydrogens is 222 g/mol. The lowest BCUT2D eigenvalue weighted by molar-refractivity contribution is 0.335. The van der Waals surface area contributed by atoms with E-state index in [1.165, 1.54) is 44.2 Å². The van der Waals surface area contributed by atoms with Crippen molar-refractivity contribution < 1.29 is 4.74 Å². The lowest BCUT2D eigenvalue weighted by Gasteiger charge is -2.16. The van der Waals surface area contributed by atoms with Gasteiger partial charge in [0, 0.05) is 6.04 Å². The number of nitrogens with one attached hydrogen (secondary N) is 1. The topological polar surface area (TPSA) is 21.3 Å². The molecule has 1 aliphatic rings. The summed E-state index contributed by atoms with van der Waals surface area (Å²) in [6.45, 7) is 3.99. The molecule has 1 atom stereocenters. The minimum Gasteiger partial charge on any atom is -0.494 e. The quantitative estimate of drug-likeness (QED) is 0.859. The van der Waals surface area contributed by atoms with E-state index in [9.17, 15) is 0 Å². The van der Waals surface area contributed by atoms with Crippen LogP contribution in [0.5, 0.6) is 5.75 Å². The summed E-state index contributed by atoms with van der Waals surface area (Å²) < 4.78 is 5.68. The molecule has 2 heteroatoms. The number of hydrogen-bond donors (Lipinski definition) is 1. The zero-order chi connectivity index (χ0) is 12.6. The Bertz CT molecular complexity index is 343. The molecule has 1 N–H and O–H groups in total. The van der Waals surface area contributed by atoms with E-state index in [1.54, 1.807) is 0 Å². The van der Waals surface area contributed by atoms with Crippen molar-refractivity contribution in [3.63, 3.8) is 0 Å². The summed E-state index contributed by atoms with van der Waals surface area (Å²) in [5, 5.41) is 3.66. The summed E-state index contributed by atoms with van der Waals surface area (Å²) in [7, 11) is 0. The molecule has 0 saturated carbocycles. The molecule has 2 nitrogen and oxygen atoms in total. The van der Waals surface area contributed by atoms with Crippen LogP contribution in [0.25, 0.3) is 0 Å². The highest BCUT2D eigenvalue weighted by Gasteiger charge is 2.12. The van der Waals surface area contributed by atoms with E-state index in [1.807, 2.05) is 6.92 Å². The van der Waals surface area contributed by atoms with Gasteiger partial charge >= 0.3 is 0 Å². The third-order valence-electron chi connectivity index (χ3n) is 3.70. The first-order valence-corrected chi connectivity index (χ1v) is 7.34. The van der Waals surface area contributed by atoms with Crippen molar-refractivity contribution in [2.45, 2.75) is 51.5 Å². The van der Waals surface area contributed by atoms with E-state index in [4.69, 9.17) is 4.74 Å². The molecule has 1 aromatic carbocycles. The van der Waals surface area contributed by atoms with Gasteiger partial charge in [-0.1, -0.05) is 31.0 Å². The number of benzene rings is 1. The molecule has 0 bridgehead atoms. The highest BCUT2D eigenvalue weighted by Crippen LogP contribution is 2.21. The zero-order valence-electron chi connectivity index (χ0n) is 11.5. The number of aryl methyl sites for hydroxylation is 1. The third-order valence-corrected chi connectivity index (χ3v) is 3.70. The Morgan fingerprint density at radius 1 is 1.22 bits per heavy atom. The summed E-state index contributed by atoms with van der Waals surface area (Å²) in [4.78, 5) is 0. The normalized spacial score (nSPS) is 20.4. The molecule has 0 aliphatic carbocycles. The predicted octanol–water partition coefficient (Wildman–Crippen LogP) is 3.55. The van der Waals surface area contributed by atoms with E-state index >= 15 is 0 Å². The molecule has 1 fully saturated rings. The molecule has 0 radical (unpaired) electrons. The number of hydrogen-bond acceptors (Lipinski definition) is 2. The fraction of sp³-hybridized carbons (Fsp3) is 0.625. The van der Waals surface area contributed by atoms with Crippen LogP contribution in [0.1, 0.15) is 44.6 Å². The maximum Gasteiger partial charge on any atom is 0.122 e. The van der Waals surface area contributed by atoms with Gasteiger partial charge in [-0.05, 0) is 50.8 Å². The first-order valence-electron chi connectivity index (χ1n) is 7.34. The second kappa shape index (κ2) is 7.42. The van der Waals surface area contributed by atoms with Gasteiger partial charge in [0.15, 0.2) is 0 Å². The van der Waals surface area contributed by atoms with Crippen LogP contribution in [0.3, 0.4) is 0 Å². The molecule has 1 saturated heterocycles. The summed E-state index contributed by atoms with van der Waals surface area (Å²) in [5.41, 5.74) is 1.35. The van der Waals surface area contributed by atoms with Gasteiger partial charge in [0.2, 0.25) is 0 Å². The second-order valence-corrected chi connectivity index (χ2v) is 5.08. The van der Waals surface area contributed by atoms with Crippen LogP contribution in [0.2, 0.25) is 0 Å². The predicted molar refractivity (Wildman–Crippen MR) is 76.2 cm³/mol. The van der Waals surface area contributed by atoms with Crippen LogP contribution < -0.4 is 10.1 Å². The molecule has 1 heterocycles. The van der Waals surface area contributed by atoms with Gasteiger partial charge in [-0.15, -0.1) is 0 Å². The lowest BCUT2D eigenvalue weighted by Crippen LogP contribution is -2.28. The lowest BCUT2D eigenvalue weighted by atomic mass is 10.0. The first-order chi connectivity index (χ1) is 8.90. The second-order valence-electron chi connectivity index (χ2n) is 5.08. The van der Waals surface area contributed by atoms with Gasteiger partial charge in [0.25, 0.3) is 0 Å². The summed E-state index contributed by atoms with van der Waals surface area (Å²) in [6.07, 6.45) is 7.78. The van der Waals surface area contributed by atoms with Gasteiger partial charge in [0.05, 0.1) is 6.61 Å². The molecule has 1 aromatic rings. The molecule has 1 aliphatic heterocycles. The van der Waals surface area contributed by atoms with Crippen molar-refractivity contribution in [3.05, 3.63) is 29.8 Å². The fourth-order valence-electron chi connectivity index (χ4n) is 2.68. The molecule has 2 rings (SSSR count). The first kappa shape index (κ1) is 13.4. The smallest absolute Gasteiger partial charge is 0.122 e. The Morgan fingerprint density at radius 2 is 2.11 bits per heavy atom. The zero-order valence-corrected chi connectivity index (χ0v) is 11.5. The molecule has 1 unspecified atom stereocenters. The monoisotopic (exact) mass is 247 g/mol. The Labute approximate surface area is 111 Å². The van der Waals surface area contributed by atoms with Crippen LogP contribution in [0.15, 0.2) is 24.3 Å². The molecular formula is C16H25NO. The summed E-state index contributed by atoms with van der Waals surface area (Å²) in [6, 6.07) is 9.14. The average molecular weight is 247 g/mol. The van der Waals surface area contributed by atoms with E-state index < -0.39 is 0 Å². The standard InChI is InChI=1S/C16H25NO/c1-2-18-16-10-6-5-8-14(16)11-12-15-9-4-3-7-13-17-15/h5-6,8,10,15,17H,2-4,7,9,11-13H2,1H3. The maximum atomic E-state index is 5.68. The van der Waals surface area contributed by atoms with Crippen LogP contribution in [-0.2, 0) is 6.42 Å². The van der Waals surface area contributed by atoms with Crippen molar-refractivity contribution in [3.8, 4) is 5.75 Å². The van der Waals surface area contributed by atoms with Gasteiger partial charge in [-0.25, -0.2) is 0 Å². The van der Waals surface area contributed by atoms with Crippen molar-refractivity contribution in [1.82, 2.24) is 5.32 Å². The Morgan fingerprint density at radius 3 is 3.00 bits per heavy atom. The van der Waals surface area contributed by atoms with Gasteiger partial charge in [0.1, 0.15) is 5.75 Å². The van der Waals surface area contributed by atoms with Gasteiger partial charge < -0.3 is 10.1 Å². The van der Waals surface area contributed by atoms with E-state index in [0.29, 0.717) is 6.04 Å². The van der Waals surface area contributed by atoms with Gasteiger partial charge in [-0.2, -0.15) is 0 Å². The molecule has 0 amide bonds. The average Bonchev–Trinajstić information content (AvgIpc) is 2.67. The number of para-hydroxylation sites is 1. The summed E-state index contributed by atoms with van der Waals surface area (Å²) in [5.74, 6) is 1.06. The molecule has 0 spiro atoms. The Hall–Kier alpha value is -1.02. The van der Waals surface area contributed by atoms with Crippen molar-refractivity contribution in [2.75, 3.05) is 13.2 Å². The highest BCUT2D eigenvalue weighted by molar-refractivity contribution is 5.33. The molecule has 18 heavy (non-hydrogen) atoms. The molecule has 0 aromatic heterocycles. The summed E-state index contributed by atoms with van der Waals surface area (Å²) >= 11 is 0. The van der Waals surface area contributed by atoms with Crippen molar-refractivity contribution in [1.29, 1.82) is 0 Å². The van der Waals surface area contributed by atoms with Gasteiger partial charge in [-0.3, -0.25) is 0 Å². The van der Waals surface area contributed by atoms with Crippen LogP contribution in [-0.4, -0.2) is 19.2 Å². The highest BCUT2D eigenvalue weighted by atomic mass is 16.5. The van der Waals surface area contributed by atoms with Crippen LogP contribution in [0.4, 0.5) is 0 Å².